The number of hydrogen-bond donors (Lipinski definition) is 2. The molecule has 1 rings (SSSR count). The first-order chi connectivity index (χ1) is 8.88. The first kappa shape index (κ1) is 15.5. The van der Waals surface area contributed by atoms with Crippen LogP contribution in [0.2, 0.25) is 0 Å². The Hall–Kier alpha value is -1.60. The summed E-state index contributed by atoms with van der Waals surface area (Å²) in [5.41, 5.74) is 4.10. The van der Waals surface area contributed by atoms with E-state index < -0.39 is 23.7 Å². The zero-order chi connectivity index (χ0) is 14.5. The van der Waals surface area contributed by atoms with Crippen molar-refractivity contribution in [1.29, 1.82) is 0 Å². The molecule has 0 aliphatic carbocycles. The van der Waals surface area contributed by atoms with Gasteiger partial charge in [-0.25, -0.2) is 0 Å². The van der Waals surface area contributed by atoms with Crippen LogP contribution >= 0.6 is 0 Å². The second-order valence-corrected chi connectivity index (χ2v) is 3.87. The number of halogens is 3. The molecule has 0 bridgehead atoms. The summed E-state index contributed by atoms with van der Waals surface area (Å²) in [6.45, 7) is 0.480. The van der Waals surface area contributed by atoms with Crippen molar-refractivity contribution in [3.63, 3.8) is 0 Å². The van der Waals surface area contributed by atoms with Crippen molar-refractivity contribution in [3.8, 4) is 0 Å². The van der Waals surface area contributed by atoms with E-state index in [1.165, 1.54) is 25.3 Å². The fourth-order valence-electron chi connectivity index (χ4n) is 1.68. The Labute approximate surface area is 108 Å². The lowest BCUT2D eigenvalue weighted by Crippen LogP contribution is -2.36. The highest BCUT2D eigenvalue weighted by atomic mass is 19.4. The fraction of sp³-hybridized carbons (Fsp3) is 0.417. The molecule has 1 aromatic rings. The Morgan fingerprint density at radius 3 is 2.58 bits per heavy atom. The fourth-order valence-corrected chi connectivity index (χ4v) is 1.68. The molecule has 0 aromatic heterocycles. The largest absolute Gasteiger partial charge is 0.416 e. The number of nitrogens with one attached hydrogen (secondary N) is 1. The molecule has 1 unspecified atom stereocenters. The van der Waals surface area contributed by atoms with Crippen LogP contribution in [0.5, 0.6) is 0 Å². The number of carbonyl (C=O) groups excluding carboxylic acids is 1. The number of amides is 1. The molecule has 0 spiro atoms. The second kappa shape index (κ2) is 6.53. The molecule has 0 radical (unpaired) electrons. The van der Waals surface area contributed by atoms with Gasteiger partial charge < -0.3 is 10.5 Å². The van der Waals surface area contributed by atoms with Gasteiger partial charge in [-0.2, -0.15) is 13.2 Å². The Morgan fingerprint density at radius 2 is 2.05 bits per heavy atom. The molecule has 7 heteroatoms. The van der Waals surface area contributed by atoms with E-state index in [1.807, 2.05) is 0 Å². The van der Waals surface area contributed by atoms with Crippen molar-refractivity contribution in [2.24, 2.45) is 5.73 Å². The first-order valence-corrected chi connectivity index (χ1v) is 5.55. The maximum Gasteiger partial charge on any atom is 0.416 e. The highest BCUT2D eigenvalue weighted by Crippen LogP contribution is 2.34. The van der Waals surface area contributed by atoms with Crippen LogP contribution in [0, 0.1) is 0 Å². The van der Waals surface area contributed by atoms with Gasteiger partial charge >= 0.3 is 6.18 Å². The summed E-state index contributed by atoms with van der Waals surface area (Å²) in [5.74, 6) is -0.868. The molecule has 0 saturated heterocycles. The van der Waals surface area contributed by atoms with E-state index in [2.05, 4.69) is 5.32 Å². The minimum atomic E-state index is -4.53. The summed E-state index contributed by atoms with van der Waals surface area (Å²) in [7, 11) is 1.45. The van der Waals surface area contributed by atoms with E-state index in [0.29, 0.717) is 0 Å². The zero-order valence-corrected chi connectivity index (χ0v) is 10.3. The normalized spacial score (nSPS) is 13.3. The standard InChI is InChI=1S/C12H15F3N2O2/c1-19-7-6-17-10(11(16)18)8-4-2-3-5-9(8)12(13,14)15/h2-5,10,17H,6-7H2,1H3,(H2,16,18). The summed E-state index contributed by atoms with van der Waals surface area (Å²) in [5, 5.41) is 2.65. The number of rotatable bonds is 6. The van der Waals surface area contributed by atoms with Crippen LogP contribution in [0.4, 0.5) is 13.2 Å². The van der Waals surface area contributed by atoms with Crippen molar-refractivity contribution in [1.82, 2.24) is 5.32 Å². The third-order valence-electron chi connectivity index (χ3n) is 2.52. The van der Waals surface area contributed by atoms with Gasteiger partial charge in [0.05, 0.1) is 12.2 Å². The molecule has 0 saturated carbocycles. The zero-order valence-electron chi connectivity index (χ0n) is 10.3. The van der Waals surface area contributed by atoms with E-state index in [-0.39, 0.29) is 18.7 Å². The summed E-state index contributed by atoms with van der Waals surface area (Å²) in [6.07, 6.45) is -4.53. The highest BCUT2D eigenvalue weighted by molar-refractivity contribution is 5.82. The highest BCUT2D eigenvalue weighted by Gasteiger charge is 2.36. The van der Waals surface area contributed by atoms with E-state index in [9.17, 15) is 18.0 Å². The number of hydrogen-bond acceptors (Lipinski definition) is 3. The molecule has 0 fully saturated rings. The lowest BCUT2D eigenvalue weighted by Gasteiger charge is -2.20. The van der Waals surface area contributed by atoms with Gasteiger partial charge in [0, 0.05) is 13.7 Å². The Morgan fingerprint density at radius 1 is 1.42 bits per heavy atom. The number of carbonyl (C=O) groups is 1. The Bertz CT molecular complexity index is 435. The summed E-state index contributed by atoms with van der Waals surface area (Å²) in [6, 6.07) is 3.65. The van der Waals surface area contributed by atoms with E-state index >= 15 is 0 Å². The lowest BCUT2D eigenvalue weighted by molar-refractivity contribution is -0.138. The number of primary amides is 1. The van der Waals surface area contributed by atoms with Gasteiger partial charge in [0.1, 0.15) is 6.04 Å². The molecule has 1 amide bonds. The third kappa shape index (κ3) is 4.22. The summed E-state index contributed by atoms with van der Waals surface area (Å²) < 4.78 is 43.3. The number of methoxy groups -OCH3 is 1. The maximum atomic E-state index is 12.9. The predicted molar refractivity (Wildman–Crippen MR) is 63.3 cm³/mol. The van der Waals surface area contributed by atoms with Gasteiger partial charge in [-0.3, -0.25) is 10.1 Å². The van der Waals surface area contributed by atoms with E-state index in [4.69, 9.17) is 10.5 Å². The second-order valence-electron chi connectivity index (χ2n) is 3.87. The van der Waals surface area contributed by atoms with Gasteiger partial charge in [-0.05, 0) is 11.6 Å². The van der Waals surface area contributed by atoms with Crippen molar-refractivity contribution < 1.29 is 22.7 Å². The molecule has 0 aliphatic rings. The lowest BCUT2D eigenvalue weighted by atomic mass is 9.99. The SMILES string of the molecule is COCCNC(C(N)=O)c1ccccc1C(F)(F)F. The number of alkyl halides is 3. The van der Waals surface area contributed by atoms with Crippen molar-refractivity contribution >= 4 is 5.91 Å². The maximum absolute atomic E-state index is 12.9. The number of nitrogens with two attached hydrogens (primary N) is 1. The minimum Gasteiger partial charge on any atom is -0.383 e. The Kier molecular flexibility index (Phi) is 5.31. The van der Waals surface area contributed by atoms with Crippen molar-refractivity contribution in [2.45, 2.75) is 12.2 Å². The summed E-state index contributed by atoms with van der Waals surface area (Å²) in [4.78, 5) is 11.3. The predicted octanol–water partition coefficient (Wildman–Crippen LogP) is 1.47. The smallest absolute Gasteiger partial charge is 0.383 e. The molecule has 3 N–H and O–H groups in total. The van der Waals surface area contributed by atoms with E-state index in [1.54, 1.807) is 0 Å². The van der Waals surface area contributed by atoms with Crippen molar-refractivity contribution in [3.05, 3.63) is 35.4 Å². The van der Waals surface area contributed by atoms with Crippen LogP contribution in [0.1, 0.15) is 17.2 Å². The molecule has 19 heavy (non-hydrogen) atoms. The van der Waals surface area contributed by atoms with Crippen LogP contribution in [0.25, 0.3) is 0 Å². The molecular weight excluding hydrogens is 261 g/mol. The average molecular weight is 276 g/mol. The number of benzene rings is 1. The van der Waals surface area contributed by atoms with Crippen LogP contribution in [-0.4, -0.2) is 26.2 Å². The third-order valence-corrected chi connectivity index (χ3v) is 2.52. The van der Waals surface area contributed by atoms with Gasteiger partial charge in [-0.1, -0.05) is 18.2 Å². The topological polar surface area (TPSA) is 64.3 Å². The summed E-state index contributed by atoms with van der Waals surface area (Å²) >= 11 is 0. The average Bonchev–Trinajstić information content (AvgIpc) is 2.33. The quantitative estimate of drug-likeness (QED) is 0.773. The first-order valence-electron chi connectivity index (χ1n) is 5.55. The van der Waals surface area contributed by atoms with Gasteiger partial charge in [-0.15, -0.1) is 0 Å². The van der Waals surface area contributed by atoms with E-state index in [0.717, 1.165) is 6.07 Å². The minimum absolute atomic E-state index is 0.182. The molecule has 106 valence electrons. The molecule has 0 aliphatic heterocycles. The van der Waals surface area contributed by atoms with Crippen LogP contribution in [0.3, 0.4) is 0 Å². The van der Waals surface area contributed by atoms with Gasteiger partial charge in [0.25, 0.3) is 0 Å². The monoisotopic (exact) mass is 276 g/mol. The van der Waals surface area contributed by atoms with Gasteiger partial charge in [0.2, 0.25) is 5.91 Å². The van der Waals surface area contributed by atoms with Gasteiger partial charge in [0.15, 0.2) is 0 Å². The molecule has 0 heterocycles. The molecule has 1 atom stereocenters. The van der Waals surface area contributed by atoms with Crippen LogP contribution in [-0.2, 0) is 15.7 Å². The van der Waals surface area contributed by atoms with Crippen LogP contribution in [0.15, 0.2) is 24.3 Å². The molecule has 4 nitrogen and oxygen atoms in total. The molecule has 1 aromatic carbocycles. The number of ether oxygens (including phenoxy) is 1. The Balaban J connectivity index is 3.06. The van der Waals surface area contributed by atoms with Crippen molar-refractivity contribution in [2.75, 3.05) is 20.3 Å². The molecular formula is C12H15F3N2O2. The van der Waals surface area contributed by atoms with Crippen LogP contribution < -0.4 is 11.1 Å².